The molecular weight excluding hydrogens is 435 g/mol. The molecule has 0 aromatic heterocycles. The van der Waals surface area contributed by atoms with Gasteiger partial charge in [0.2, 0.25) is 0 Å². The molecule has 0 amide bonds. The van der Waals surface area contributed by atoms with E-state index in [0.29, 0.717) is 18.6 Å². The molecule has 2 N–H and O–H groups in total. The lowest BCUT2D eigenvalue weighted by Gasteiger charge is -2.18. The van der Waals surface area contributed by atoms with Gasteiger partial charge in [0.25, 0.3) is 0 Å². The first-order valence-corrected chi connectivity index (χ1v) is 11.7. The summed E-state index contributed by atoms with van der Waals surface area (Å²) < 4.78 is 27.7. The Morgan fingerprint density at radius 1 is 0.677 bits per heavy atom. The van der Waals surface area contributed by atoms with Crippen LogP contribution in [0.2, 0.25) is 0 Å². The largest absolute Gasteiger partial charge is 0.478 e. The molecule has 0 radical (unpaired) electrons. The zero-order chi connectivity index (χ0) is 23.7. The highest BCUT2D eigenvalue weighted by molar-refractivity contribution is 7.63. The Kier molecular flexibility index (Phi) is 14.3. The van der Waals surface area contributed by atoms with Gasteiger partial charge in [-0.05, 0) is 19.3 Å². The second-order valence-electron chi connectivity index (χ2n) is 6.31. The van der Waals surface area contributed by atoms with E-state index in [1.165, 1.54) is 6.92 Å². The van der Waals surface area contributed by atoms with Gasteiger partial charge >= 0.3 is 29.8 Å². The first-order chi connectivity index (χ1) is 14.5. The molecule has 0 atom stereocenters. The number of carboxylic acids is 2. The number of rotatable bonds is 16. The quantitative estimate of drug-likeness (QED) is 0.112. The second kappa shape index (κ2) is 15.8. The lowest BCUT2D eigenvalue weighted by atomic mass is 10.5. The fourth-order valence-corrected chi connectivity index (χ4v) is 5.12. The number of carbonyl (C=O) groups is 5. The van der Waals surface area contributed by atoms with E-state index in [0.717, 1.165) is 12.2 Å². The van der Waals surface area contributed by atoms with Crippen LogP contribution in [0.5, 0.6) is 0 Å². The van der Waals surface area contributed by atoms with Crippen molar-refractivity contribution in [2.45, 2.75) is 26.2 Å². The van der Waals surface area contributed by atoms with Crippen molar-refractivity contribution in [1.82, 2.24) is 0 Å². The van der Waals surface area contributed by atoms with Gasteiger partial charge in [-0.2, -0.15) is 0 Å². The predicted octanol–water partition coefficient (Wildman–Crippen LogP) is 1.45. The van der Waals surface area contributed by atoms with Crippen LogP contribution in [-0.2, 0) is 42.7 Å². The third kappa shape index (κ3) is 17.6. The summed E-state index contributed by atoms with van der Waals surface area (Å²) in [6.07, 6.45) is 4.51. The number of carboxylic acid groups (broad SMARTS) is 2. The van der Waals surface area contributed by atoms with Gasteiger partial charge in [-0.15, -0.1) is 0 Å². The first kappa shape index (κ1) is 28.1. The van der Waals surface area contributed by atoms with Gasteiger partial charge in [0.05, 0.1) is 27.0 Å². The molecule has 0 aromatic carbocycles. The van der Waals surface area contributed by atoms with Crippen molar-refractivity contribution < 1.29 is 53.0 Å². The smallest absolute Gasteiger partial charge is 0.331 e. The van der Waals surface area contributed by atoms with Crippen LogP contribution in [0.3, 0.4) is 0 Å². The summed E-state index contributed by atoms with van der Waals surface area (Å²) in [6.45, 7) is 1.28. The summed E-state index contributed by atoms with van der Waals surface area (Å²) in [6, 6.07) is 0. The van der Waals surface area contributed by atoms with Crippen LogP contribution in [0.15, 0.2) is 24.3 Å². The SMILES string of the molecule is CC(=O)OCCCP(=O)(CCCOC(=O)C=CC(=O)O)CCCOC(=O)C=CC(=O)O. The van der Waals surface area contributed by atoms with Gasteiger partial charge in [0.15, 0.2) is 0 Å². The summed E-state index contributed by atoms with van der Waals surface area (Å²) in [5.74, 6) is -4.67. The van der Waals surface area contributed by atoms with E-state index >= 15 is 0 Å². The highest BCUT2D eigenvalue weighted by atomic mass is 31.2. The predicted molar refractivity (Wildman–Crippen MR) is 108 cm³/mol. The Labute approximate surface area is 179 Å². The molecule has 0 heterocycles. The van der Waals surface area contributed by atoms with Crippen LogP contribution in [0, 0.1) is 0 Å². The molecule has 12 heteroatoms. The lowest BCUT2D eigenvalue weighted by molar-refractivity contribution is -0.141. The van der Waals surface area contributed by atoms with Crippen molar-refractivity contribution in [2.24, 2.45) is 0 Å². The molecule has 0 saturated carbocycles. The van der Waals surface area contributed by atoms with Crippen molar-refractivity contribution in [3.63, 3.8) is 0 Å². The summed E-state index contributed by atoms with van der Waals surface area (Å²) in [5.41, 5.74) is 0. The number of hydrogen-bond donors (Lipinski definition) is 2. The van der Waals surface area contributed by atoms with E-state index in [1.54, 1.807) is 0 Å². The maximum Gasteiger partial charge on any atom is 0.331 e. The molecule has 11 nitrogen and oxygen atoms in total. The zero-order valence-electron chi connectivity index (χ0n) is 17.2. The van der Waals surface area contributed by atoms with E-state index in [1.807, 2.05) is 0 Å². The fraction of sp³-hybridized carbons (Fsp3) is 0.526. The second-order valence-corrected chi connectivity index (χ2v) is 9.77. The van der Waals surface area contributed by atoms with Crippen LogP contribution in [0.4, 0.5) is 0 Å². The van der Waals surface area contributed by atoms with Crippen molar-refractivity contribution in [1.29, 1.82) is 0 Å². The van der Waals surface area contributed by atoms with Crippen molar-refractivity contribution in [2.75, 3.05) is 38.3 Å². The van der Waals surface area contributed by atoms with Gasteiger partial charge in [-0.3, -0.25) is 4.79 Å². The molecule has 0 aliphatic carbocycles. The van der Waals surface area contributed by atoms with Gasteiger partial charge in [0, 0.05) is 49.7 Å². The average molecular weight is 462 g/mol. The minimum absolute atomic E-state index is 0.0499. The number of hydrogen-bond acceptors (Lipinski definition) is 9. The molecule has 0 spiro atoms. The van der Waals surface area contributed by atoms with Crippen molar-refractivity contribution >= 4 is 37.0 Å². The lowest BCUT2D eigenvalue weighted by Crippen LogP contribution is -2.11. The molecule has 0 rings (SSSR count). The minimum Gasteiger partial charge on any atom is -0.478 e. The highest BCUT2D eigenvalue weighted by Gasteiger charge is 2.21. The zero-order valence-corrected chi connectivity index (χ0v) is 18.1. The van der Waals surface area contributed by atoms with Gasteiger partial charge in [-0.25, -0.2) is 19.2 Å². The van der Waals surface area contributed by atoms with Crippen LogP contribution in [0.1, 0.15) is 26.2 Å². The number of aliphatic carboxylic acids is 2. The number of ether oxygens (including phenoxy) is 3. The van der Waals surface area contributed by atoms with Crippen molar-refractivity contribution in [3.8, 4) is 0 Å². The maximum atomic E-state index is 13.2. The van der Waals surface area contributed by atoms with Gasteiger partial charge < -0.3 is 29.0 Å². The Balaban J connectivity index is 4.54. The summed E-state index contributed by atoms with van der Waals surface area (Å²) in [7, 11) is -2.76. The molecule has 174 valence electrons. The minimum atomic E-state index is -2.76. The third-order valence-corrected chi connectivity index (χ3v) is 7.04. The normalized spacial score (nSPS) is 12.9. The standard InChI is InChI=1S/C19H27O11P/c1-15(20)28-9-2-12-31(27,13-3-10-29-18(25)7-5-16(21)22)14-4-11-30-19(26)8-6-17(23)24/h5-8H,2-4,9-14H2,1H3,(H,21,22)(H,23,24). The Hall–Kier alpha value is -2.94. The third-order valence-electron chi connectivity index (χ3n) is 3.65. The fourth-order valence-electron chi connectivity index (χ4n) is 2.33. The first-order valence-electron chi connectivity index (χ1n) is 9.40. The van der Waals surface area contributed by atoms with E-state index < -0.39 is 37.0 Å². The summed E-state index contributed by atoms with van der Waals surface area (Å²) in [5, 5.41) is 16.9. The molecule has 0 bridgehead atoms. The Morgan fingerprint density at radius 3 is 1.35 bits per heavy atom. The average Bonchev–Trinajstić information content (AvgIpc) is 2.69. The van der Waals surface area contributed by atoms with E-state index in [4.69, 9.17) is 24.4 Å². The molecule has 0 aliphatic heterocycles. The van der Waals surface area contributed by atoms with Crippen LogP contribution in [-0.4, -0.2) is 78.4 Å². The van der Waals surface area contributed by atoms with Crippen LogP contribution in [0.25, 0.3) is 0 Å². The molecule has 0 fully saturated rings. The van der Waals surface area contributed by atoms with Crippen molar-refractivity contribution in [3.05, 3.63) is 24.3 Å². The molecule has 0 unspecified atom stereocenters. The highest BCUT2D eigenvalue weighted by Crippen LogP contribution is 2.47. The molecule has 0 saturated heterocycles. The van der Waals surface area contributed by atoms with Gasteiger partial charge in [0.1, 0.15) is 0 Å². The van der Waals surface area contributed by atoms with E-state index in [2.05, 4.69) is 0 Å². The van der Waals surface area contributed by atoms with Crippen LogP contribution >= 0.6 is 7.14 Å². The Bertz CT molecular complexity index is 691. The Morgan fingerprint density at radius 2 is 1.03 bits per heavy atom. The molecule has 0 aromatic rings. The summed E-state index contributed by atoms with van der Waals surface area (Å²) in [4.78, 5) is 54.2. The number of carbonyl (C=O) groups excluding carboxylic acids is 3. The maximum absolute atomic E-state index is 13.2. The molecule has 0 aliphatic rings. The van der Waals surface area contributed by atoms with E-state index in [-0.39, 0.29) is 51.1 Å². The monoisotopic (exact) mass is 462 g/mol. The molecular formula is C19H27O11P. The van der Waals surface area contributed by atoms with Crippen LogP contribution < -0.4 is 0 Å². The summed E-state index contributed by atoms with van der Waals surface area (Å²) >= 11 is 0. The van der Waals surface area contributed by atoms with Gasteiger partial charge in [-0.1, -0.05) is 0 Å². The number of esters is 3. The molecule has 31 heavy (non-hydrogen) atoms. The topological polar surface area (TPSA) is 171 Å². The van der Waals surface area contributed by atoms with E-state index in [9.17, 15) is 28.5 Å².